The van der Waals surface area contributed by atoms with Crippen molar-refractivity contribution in [3.63, 3.8) is 0 Å². The minimum atomic E-state index is -1.01. The Morgan fingerprint density at radius 2 is 1.91 bits per heavy atom. The normalized spacial score (nSPS) is 10.8. The zero-order valence-corrected chi connectivity index (χ0v) is 18.4. The van der Waals surface area contributed by atoms with Crippen LogP contribution in [0.4, 0.5) is 0 Å². The van der Waals surface area contributed by atoms with Crippen LogP contribution in [0.1, 0.15) is 23.1 Å². The van der Waals surface area contributed by atoms with Crippen molar-refractivity contribution in [3.05, 3.63) is 66.1 Å². The molecule has 0 aliphatic heterocycles. The van der Waals surface area contributed by atoms with Gasteiger partial charge in [-0.05, 0) is 31.2 Å². The van der Waals surface area contributed by atoms with Crippen molar-refractivity contribution in [3.8, 4) is 28.9 Å². The van der Waals surface area contributed by atoms with Gasteiger partial charge in [-0.3, -0.25) is 0 Å². The molecule has 0 saturated heterocycles. The molecule has 0 saturated carbocycles. The van der Waals surface area contributed by atoms with Crippen LogP contribution in [0.2, 0.25) is 0 Å². The predicted octanol–water partition coefficient (Wildman–Crippen LogP) is 4.45. The number of fused-ring (bicyclic) bond motifs is 1. The number of benzene rings is 2. The molecule has 0 fully saturated rings. The lowest BCUT2D eigenvalue weighted by Gasteiger charge is -2.10. The van der Waals surface area contributed by atoms with E-state index >= 15 is 0 Å². The molecule has 33 heavy (non-hydrogen) atoms. The summed E-state index contributed by atoms with van der Waals surface area (Å²) in [6, 6.07) is 13.4. The molecular weight excluding hydrogens is 426 g/mol. The molecule has 9 nitrogen and oxygen atoms in total. The van der Waals surface area contributed by atoms with Gasteiger partial charge < -0.3 is 28.6 Å². The van der Waals surface area contributed by atoms with Crippen LogP contribution in [0.15, 0.2) is 54.7 Å². The molecule has 0 radical (unpaired) electrons. The average Bonchev–Trinajstić information content (AvgIpc) is 3.14. The lowest BCUT2D eigenvalue weighted by atomic mass is 10.2. The molecule has 2 aromatic carbocycles. The van der Waals surface area contributed by atoms with Gasteiger partial charge in [-0.25, -0.2) is 14.8 Å². The summed E-state index contributed by atoms with van der Waals surface area (Å²) >= 11 is 0. The van der Waals surface area contributed by atoms with Gasteiger partial charge in [-0.15, -0.1) is 0 Å². The second-order valence-electron chi connectivity index (χ2n) is 7.07. The molecule has 0 bridgehead atoms. The number of carboxylic acids is 1. The van der Waals surface area contributed by atoms with E-state index in [2.05, 4.69) is 4.98 Å². The maximum absolute atomic E-state index is 11.2. The van der Waals surface area contributed by atoms with E-state index in [1.54, 1.807) is 43.6 Å². The summed E-state index contributed by atoms with van der Waals surface area (Å²) in [6.07, 6.45) is 1.61. The lowest BCUT2D eigenvalue weighted by Crippen LogP contribution is -2.04. The van der Waals surface area contributed by atoms with Crippen LogP contribution in [0.25, 0.3) is 11.0 Å². The van der Waals surface area contributed by atoms with Crippen LogP contribution in [0.3, 0.4) is 0 Å². The Labute approximate surface area is 190 Å². The third-order valence-electron chi connectivity index (χ3n) is 4.92. The third-order valence-corrected chi connectivity index (χ3v) is 4.92. The predicted molar refractivity (Wildman–Crippen MR) is 120 cm³/mol. The topological polar surface area (TPSA) is 105 Å². The lowest BCUT2D eigenvalue weighted by molar-refractivity contribution is 0.0696. The number of carbonyl (C=O) groups is 1. The molecule has 0 aliphatic rings. The largest absolute Gasteiger partial charge is 0.491 e. The van der Waals surface area contributed by atoms with Gasteiger partial charge in [0.2, 0.25) is 5.88 Å². The molecule has 2 aromatic heterocycles. The maximum Gasteiger partial charge on any atom is 0.335 e. The van der Waals surface area contributed by atoms with Crippen molar-refractivity contribution in [2.75, 3.05) is 13.7 Å². The van der Waals surface area contributed by atoms with E-state index in [1.807, 2.05) is 24.6 Å². The molecule has 4 rings (SSSR count). The number of nitrogens with zero attached hydrogens (tertiary/aromatic N) is 3. The van der Waals surface area contributed by atoms with E-state index < -0.39 is 5.97 Å². The molecule has 4 aromatic rings. The smallest absolute Gasteiger partial charge is 0.335 e. The van der Waals surface area contributed by atoms with E-state index in [0.29, 0.717) is 46.8 Å². The Balaban J connectivity index is 1.64. The first-order chi connectivity index (χ1) is 16.0. The van der Waals surface area contributed by atoms with Crippen molar-refractivity contribution in [2.45, 2.75) is 13.5 Å². The van der Waals surface area contributed by atoms with Gasteiger partial charge in [0.1, 0.15) is 35.2 Å². The van der Waals surface area contributed by atoms with Crippen molar-refractivity contribution in [1.82, 2.24) is 14.5 Å². The van der Waals surface area contributed by atoms with Gasteiger partial charge in [0, 0.05) is 31.4 Å². The molecule has 0 spiro atoms. The average molecular weight is 449 g/mol. The molecule has 170 valence electrons. The summed E-state index contributed by atoms with van der Waals surface area (Å²) in [5.74, 6) is 2.27. The minimum absolute atomic E-state index is 0.150. The molecular formula is C24H23N3O6. The number of carboxylic acid groups (broad SMARTS) is 1. The van der Waals surface area contributed by atoms with Gasteiger partial charge in [-0.1, -0.05) is 6.07 Å². The fraction of sp³-hybridized carbons (Fsp3) is 0.208. The number of hydrogen-bond donors (Lipinski definition) is 1. The SMILES string of the molecule is CCOc1cc(Oc2ccnc(OC)c2)cc2c1nc(COc1cccc(C(=O)O)c1)n2C. The molecule has 0 unspecified atom stereocenters. The van der Waals surface area contributed by atoms with Crippen molar-refractivity contribution >= 4 is 17.0 Å². The van der Waals surface area contributed by atoms with Gasteiger partial charge in [0.15, 0.2) is 5.75 Å². The van der Waals surface area contributed by atoms with Crippen molar-refractivity contribution in [1.29, 1.82) is 0 Å². The number of methoxy groups -OCH3 is 1. The third kappa shape index (κ3) is 4.82. The highest BCUT2D eigenvalue weighted by molar-refractivity contribution is 5.88. The summed E-state index contributed by atoms with van der Waals surface area (Å²) in [7, 11) is 3.42. The number of hydrogen-bond acceptors (Lipinski definition) is 7. The Morgan fingerprint density at radius 1 is 1.06 bits per heavy atom. The molecule has 1 N–H and O–H groups in total. The molecule has 0 amide bonds. The molecule has 2 heterocycles. The molecule has 9 heteroatoms. The number of ether oxygens (including phenoxy) is 4. The van der Waals surface area contributed by atoms with Crippen molar-refractivity contribution < 1.29 is 28.8 Å². The van der Waals surface area contributed by atoms with E-state index in [9.17, 15) is 4.79 Å². The first-order valence-electron chi connectivity index (χ1n) is 10.2. The first kappa shape index (κ1) is 21.9. The monoisotopic (exact) mass is 449 g/mol. The van der Waals surface area contributed by atoms with E-state index in [-0.39, 0.29) is 12.2 Å². The maximum atomic E-state index is 11.2. The summed E-state index contributed by atoms with van der Waals surface area (Å²) in [5.41, 5.74) is 1.64. The van der Waals surface area contributed by atoms with Crippen LogP contribution in [-0.4, -0.2) is 39.3 Å². The minimum Gasteiger partial charge on any atom is -0.491 e. The van der Waals surface area contributed by atoms with Gasteiger partial charge in [-0.2, -0.15) is 0 Å². The van der Waals surface area contributed by atoms with E-state index in [0.717, 1.165) is 5.52 Å². The van der Waals surface area contributed by atoms with E-state index in [1.165, 1.54) is 12.1 Å². The highest BCUT2D eigenvalue weighted by atomic mass is 16.5. The fourth-order valence-corrected chi connectivity index (χ4v) is 3.30. The summed E-state index contributed by atoms with van der Waals surface area (Å²) in [5, 5.41) is 9.17. The van der Waals surface area contributed by atoms with Crippen LogP contribution in [0, 0.1) is 0 Å². The molecule has 0 aliphatic carbocycles. The van der Waals surface area contributed by atoms with Crippen LogP contribution >= 0.6 is 0 Å². The Hall–Kier alpha value is -4.27. The van der Waals surface area contributed by atoms with Gasteiger partial charge in [0.25, 0.3) is 0 Å². The Kier molecular flexibility index (Phi) is 6.30. The summed E-state index contributed by atoms with van der Waals surface area (Å²) < 4.78 is 24.7. The zero-order valence-electron chi connectivity index (χ0n) is 18.4. The Bertz CT molecular complexity index is 1300. The first-order valence-corrected chi connectivity index (χ1v) is 10.2. The zero-order chi connectivity index (χ0) is 23.4. The van der Waals surface area contributed by atoms with Crippen molar-refractivity contribution in [2.24, 2.45) is 7.05 Å². The van der Waals surface area contributed by atoms with Gasteiger partial charge in [0.05, 0.1) is 24.8 Å². The highest BCUT2D eigenvalue weighted by Gasteiger charge is 2.16. The van der Waals surface area contributed by atoms with Crippen LogP contribution < -0.4 is 18.9 Å². The number of rotatable bonds is 9. The number of aryl methyl sites for hydroxylation is 1. The molecule has 0 atom stereocenters. The standard InChI is InChI=1S/C24H23N3O6/c1-4-31-20-12-18(33-17-8-9-25-22(13-17)30-3)11-19-23(20)26-21(27(19)2)14-32-16-7-5-6-15(10-16)24(28)29/h5-13H,4,14H2,1-3H3,(H,28,29). The summed E-state index contributed by atoms with van der Waals surface area (Å²) in [4.78, 5) is 20.0. The highest BCUT2D eigenvalue weighted by Crippen LogP contribution is 2.34. The van der Waals surface area contributed by atoms with Crippen LogP contribution in [-0.2, 0) is 13.7 Å². The number of aromatic carboxylic acids is 1. The van der Waals surface area contributed by atoms with Gasteiger partial charge >= 0.3 is 5.97 Å². The van der Waals surface area contributed by atoms with E-state index in [4.69, 9.17) is 29.0 Å². The second kappa shape index (κ2) is 9.47. The fourth-order valence-electron chi connectivity index (χ4n) is 3.30. The summed E-state index contributed by atoms with van der Waals surface area (Å²) in [6.45, 7) is 2.51. The van der Waals surface area contributed by atoms with Crippen LogP contribution in [0.5, 0.6) is 28.9 Å². The number of aromatic nitrogens is 3. The second-order valence-corrected chi connectivity index (χ2v) is 7.07. The quantitative estimate of drug-likeness (QED) is 0.400. The Morgan fingerprint density at radius 3 is 2.67 bits per heavy atom. The number of pyridine rings is 1. The number of imidazole rings is 1.